The highest BCUT2D eigenvalue weighted by atomic mass is 32.2. The molecule has 0 aromatic heterocycles. The molecule has 0 heterocycles. The first-order valence-electron chi connectivity index (χ1n) is 7.53. The number of aryl methyl sites for hydroxylation is 2. The number of rotatable bonds is 6. The van der Waals surface area contributed by atoms with Crippen molar-refractivity contribution in [2.45, 2.75) is 26.0 Å². The van der Waals surface area contributed by atoms with Crippen molar-refractivity contribution in [2.75, 3.05) is 11.1 Å². The molecule has 2 aromatic rings. The summed E-state index contributed by atoms with van der Waals surface area (Å²) in [6.45, 7) is 3.95. The summed E-state index contributed by atoms with van der Waals surface area (Å²) in [4.78, 5) is 11.9. The van der Waals surface area contributed by atoms with Gasteiger partial charge in [-0.15, -0.1) is 0 Å². The molecule has 2 rings (SSSR count). The molecule has 0 fully saturated rings. The van der Waals surface area contributed by atoms with E-state index in [0.29, 0.717) is 11.3 Å². The lowest BCUT2D eigenvalue weighted by atomic mass is 10.1. The topological polar surface area (TPSA) is 63.2 Å². The first-order chi connectivity index (χ1) is 10.9. The lowest BCUT2D eigenvalue weighted by Gasteiger charge is -2.08. The van der Waals surface area contributed by atoms with E-state index >= 15 is 0 Å². The molecule has 0 spiro atoms. The monoisotopic (exact) mass is 331 g/mol. The van der Waals surface area contributed by atoms with Crippen molar-refractivity contribution in [1.82, 2.24) is 0 Å². The van der Waals surface area contributed by atoms with E-state index in [4.69, 9.17) is 0 Å². The van der Waals surface area contributed by atoms with Crippen LogP contribution in [0.25, 0.3) is 0 Å². The Kier molecular flexibility index (Phi) is 5.55. The molecule has 23 heavy (non-hydrogen) atoms. The molecular formula is C18H21NO3S. The Morgan fingerprint density at radius 3 is 2.35 bits per heavy atom. The molecule has 4 nitrogen and oxygen atoms in total. The second-order valence-electron chi connectivity index (χ2n) is 5.62. The van der Waals surface area contributed by atoms with Gasteiger partial charge >= 0.3 is 0 Å². The van der Waals surface area contributed by atoms with Crippen molar-refractivity contribution in [3.05, 3.63) is 65.2 Å². The van der Waals surface area contributed by atoms with Crippen LogP contribution in [0.2, 0.25) is 0 Å². The summed E-state index contributed by atoms with van der Waals surface area (Å²) in [6, 6.07) is 14.7. The lowest BCUT2D eigenvalue weighted by Crippen LogP contribution is -2.24. The standard InChI is InChI=1S/C18H21NO3S/c1-3-15-7-9-17(10-8-15)19-18(20)13-23(21,22)12-16-6-4-5-14(2)11-16/h4-11H,3,12-13H2,1-2H3,(H,19,20). The lowest BCUT2D eigenvalue weighted by molar-refractivity contribution is -0.113. The minimum absolute atomic E-state index is 0.128. The molecule has 0 bridgehead atoms. The summed E-state index contributed by atoms with van der Waals surface area (Å²) in [5.74, 6) is -1.16. The van der Waals surface area contributed by atoms with Gasteiger partial charge in [-0.1, -0.05) is 48.9 Å². The van der Waals surface area contributed by atoms with Crippen LogP contribution >= 0.6 is 0 Å². The zero-order valence-corrected chi connectivity index (χ0v) is 14.2. The number of hydrogen-bond donors (Lipinski definition) is 1. The summed E-state index contributed by atoms with van der Waals surface area (Å²) in [5.41, 5.74) is 3.47. The van der Waals surface area contributed by atoms with Crippen molar-refractivity contribution < 1.29 is 13.2 Å². The fraction of sp³-hybridized carbons (Fsp3) is 0.278. The number of anilines is 1. The summed E-state index contributed by atoms with van der Waals surface area (Å²) >= 11 is 0. The minimum atomic E-state index is -3.50. The maximum Gasteiger partial charge on any atom is 0.239 e. The van der Waals surface area contributed by atoms with Crippen LogP contribution in [0.15, 0.2) is 48.5 Å². The van der Waals surface area contributed by atoms with E-state index in [-0.39, 0.29) is 5.75 Å². The fourth-order valence-corrected chi connectivity index (χ4v) is 3.59. The van der Waals surface area contributed by atoms with Crippen LogP contribution in [-0.2, 0) is 26.8 Å². The number of benzene rings is 2. The third-order valence-electron chi connectivity index (χ3n) is 3.47. The molecule has 0 saturated heterocycles. The van der Waals surface area contributed by atoms with E-state index in [9.17, 15) is 13.2 Å². The predicted octanol–water partition coefficient (Wildman–Crippen LogP) is 3.11. The fourth-order valence-electron chi connectivity index (χ4n) is 2.33. The Hall–Kier alpha value is -2.14. The van der Waals surface area contributed by atoms with Gasteiger partial charge in [-0.25, -0.2) is 8.42 Å². The van der Waals surface area contributed by atoms with Crippen LogP contribution < -0.4 is 5.32 Å². The smallest absolute Gasteiger partial charge is 0.239 e. The second-order valence-corrected chi connectivity index (χ2v) is 7.68. The molecule has 0 aliphatic rings. The van der Waals surface area contributed by atoms with Gasteiger partial charge in [0.05, 0.1) is 5.75 Å². The molecule has 0 aliphatic carbocycles. The average molecular weight is 331 g/mol. The van der Waals surface area contributed by atoms with E-state index in [0.717, 1.165) is 17.5 Å². The van der Waals surface area contributed by atoms with Gasteiger partial charge < -0.3 is 5.32 Å². The zero-order valence-electron chi connectivity index (χ0n) is 13.4. The van der Waals surface area contributed by atoms with Crippen LogP contribution in [0.4, 0.5) is 5.69 Å². The SMILES string of the molecule is CCc1ccc(NC(=O)CS(=O)(=O)Cc2cccc(C)c2)cc1. The highest BCUT2D eigenvalue weighted by Crippen LogP contribution is 2.12. The normalized spacial score (nSPS) is 11.2. The van der Waals surface area contributed by atoms with Crippen molar-refractivity contribution in [1.29, 1.82) is 0 Å². The van der Waals surface area contributed by atoms with Crippen molar-refractivity contribution in [3.63, 3.8) is 0 Å². The Balaban J connectivity index is 1.97. The number of amides is 1. The first-order valence-corrected chi connectivity index (χ1v) is 9.35. The number of carbonyl (C=O) groups excluding carboxylic acids is 1. The maximum absolute atomic E-state index is 12.2. The van der Waals surface area contributed by atoms with E-state index in [1.165, 1.54) is 0 Å². The van der Waals surface area contributed by atoms with Crippen LogP contribution in [0.5, 0.6) is 0 Å². The number of carbonyl (C=O) groups is 1. The number of nitrogens with one attached hydrogen (secondary N) is 1. The van der Waals surface area contributed by atoms with E-state index in [1.54, 1.807) is 18.2 Å². The van der Waals surface area contributed by atoms with Gasteiger partial charge in [0.25, 0.3) is 0 Å². The molecule has 0 radical (unpaired) electrons. The molecule has 0 aliphatic heterocycles. The summed E-state index contributed by atoms with van der Waals surface area (Å²) in [6.07, 6.45) is 0.916. The third kappa shape index (κ3) is 5.53. The van der Waals surface area contributed by atoms with Crippen LogP contribution in [0.3, 0.4) is 0 Å². The van der Waals surface area contributed by atoms with Gasteiger partial charge in [-0.05, 0) is 36.6 Å². The first kappa shape index (κ1) is 17.2. The van der Waals surface area contributed by atoms with Crippen LogP contribution in [-0.4, -0.2) is 20.1 Å². The Labute approximate surface area is 137 Å². The van der Waals surface area contributed by atoms with Gasteiger partial charge in [0.2, 0.25) is 5.91 Å². The maximum atomic E-state index is 12.2. The molecule has 1 amide bonds. The van der Waals surface area contributed by atoms with Crippen LogP contribution in [0.1, 0.15) is 23.6 Å². The van der Waals surface area contributed by atoms with Gasteiger partial charge in [0.1, 0.15) is 5.75 Å². The summed E-state index contributed by atoms with van der Waals surface area (Å²) in [7, 11) is -3.50. The molecule has 5 heteroatoms. The summed E-state index contributed by atoms with van der Waals surface area (Å²) < 4.78 is 24.3. The van der Waals surface area contributed by atoms with E-state index in [2.05, 4.69) is 5.32 Å². The van der Waals surface area contributed by atoms with E-state index in [1.807, 2.05) is 44.2 Å². The van der Waals surface area contributed by atoms with Crippen molar-refractivity contribution in [2.24, 2.45) is 0 Å². The quantitative estimate of drug-likeness (QED) is 0.884. The molecule has 1 N–H and O–H groups in total. The number of hydrogen-bond acceptors (Lipinski definition) is 3. The van der Waals surface area contributed by atoms with Gasteiger partial charge in [-0.2, -0.15) is 0 Å². The third-order valence-corrected chi connectivity index (χ3v) is 4.94. The average Bonchev–Trinajstić information content (AvgIpc) is 2.46. The van der Waals surface area contributed by atoms with E-state index < -0.39 is 21.5 Å². The largest absolute Gasteiger partial charge is 0.325 e. The van der Waals surface area contributed by atoms with Crippen molar-refractivity contribution in [3.8, 4) is 0 Å². The van der Waals surface area contributed by atoms with Crippen molar-refractivity contribution >= 4 is 21.4 Å². The Bertz CT molecular complexity index is 780. The Morgan fingerprint density at radius 1 is 1.04 bits per heavy atom. The Morgan fingerprint density at radius 2 is 1.74 bits per heavy atom. The van der Waals surface area contributed by atoms with Gasteiger partial charge in [-0.3, -0.25) is 4.79 Å². The molecule has 0 saturated carbocycles. The highest BCUT2D eigenvalue weighted by molar-refractivity contribution is 7.91. The van der Waals surface area contributed by atoms with Gasteiger partial charge in [0, 0.05) is 5.69 Å². The molecule has 122 valence electrons. The highest BCUT2D eigenvalue weighted by Gasteiger charge is 2.17. The minimum Gasteiger partial charge on any atom is -0.325 e. The molecule has 0 unspecified atom stereocenters. The molecular weight excluding hydrogens is 310 g/mol. The molecule has 2 aromatic carbocycles. The molecule has 0 atom stereocenters. The predicted molar refractivity (Wildman–Crippen MR) is 93.1 cm³/mol. The summed E-state index contributed by atoms with van der Waals surface area (Å²) in [5, 5.41) is 2.63. The zero-order chi connectivity index (χ0) is 16.9. The number of sulfone groups is 1. The second kappa shape index (κ2) is 7.42. The van der Waals surface area contributed by atoms with Crippen LogP contribution in [0, 0.1) is 6.92 Å². The van der Waals surface area contributed by atoms with Gasteiger partial charge in [0.15, 0.2) is 9.84 Å².